The predicted octanol–water partition coefficient (Wildman–Crippen LogP) is 2.69. The summed E-state index contributed by atoms with van der Waals surface area (Å²) in [6, 6.07) is 14.3. The number of nitrogens with zero attached hydrogens (tertiary/aromatic N) is 1. The maximum absolute atomic E-state index is 12.5. The average molecular weight is 297 g/mol. The van der Waals surface area contributed by atoms with E-state index < -0.39 is 0 Å². The van der Waals surface area contributed by atoms with Crippen LogP contribution in [-0.4, -0.2) is 28.4 Å². The fraction of sp³-hybridized carbons (Fsp3) is 0.389. The van der Waals surface area contributed by atoms with Crippen LogP contribution < -0.4 is 5.32 Å². The van der Waals surface area contributed by atoms with Gasteiger partial charge in [-0.1, -0.05) is 36.8 Å². The van der Waals surface area contributed by atoms with Gasteiger partial charge < -0.3 is 10.3 Å². The van der Waals surface area contributed by atoms with Crippen LogP contribution in [-0.2, 0) is 17.9 Å². The van der Waals surface area contributed by atoms with E-state index in [0.717, 1.165) is 31.6 Å². The molecule has 1 fully saturated rings. The highest BCUT2D eigenvalue weighted by Gasteiger charge is 2.28. The van der Waals surface area contributed by atoms with E-state index >= 15 is 0 Å². The van der Waals surface area contributed by atoms with Crippen LogP contribution in [0.25, 0.3) is 0 Å². The molecule has 0 spiro atoms. The number of H-pyrrole nitrogens is 1. The van der Waals surface area contributed by atoms with E-state index in [0.29, 0.717) is 6.54 Å². The molecule has 2 heterocycles. The van der Waals surface area contributed by atoms with Gasteiger partial charge in [0.05, 0.1) is 12.6 Å². The first kappa shape index (κ1) is 14.9. The number of aromatic amines is 1. The molecule has 3 rings (SSSR count). The number of carbonyl (C=O) groups excluding carboxylic acids is 1. The summed E-state index contributed by atoms with van der Waals surface area (Å²) in [5.74, 6) is 0.144. The third-order valence-corrected chi connectivity index (χ3v) is 4.26. The van der Waals surface area contributed by atoms with Gasteiger partial charge in [-0.2, -0.15) is 0 Å². The van der Waals surface area contributed by atoms with E-state index in [4.69, 9.17) is 0 Å². The molecule has 0 bridgehead atoms. The van der Waals surface area contributed by atoms with Crippen molar-refractivity contribution in [2.24, 2.45) is 0 Å². The summed E-state index contributed by atoms with van der Waals surface area (Å²) in [6.45, 7) is 2.42. The van der Waals surface area contributed by atoms with Crippen LogP contribution in [0.1, 0.15) is 30.5 Å². The molecule has 1 aliphatic rings. The minimum Gasteiger partial charge on any atom is -0.364 e. The Morgan fingerprint density at radius 2 is 2.05 bits per heavy atom. The first-order chi connectivity index (χ1) is 10.8. The van der Waals surface area contributed by atoms with Gasteiger partial charge in [-0.25, -0.2) is 0 Å². The number of benzene rings is 1. The van der Waals surface area contributed by atoms with Gasteiger partial charge >= 0.3 is 0 Å². The van der Waals surface area contributed by atoms with Crippen molar-refractivity contribution < 1.29 is 4.79 Å². The van der Waals surface area contributed by atoms with Gasteiger partial charge in [0.2, 0.25) is 5.91 Å². The number of rotatable bonds is 5. The lowest BCUT2D eigenvalue weighted by atomic mass is 10.0. The van der Waals surface area contributed by atoms with Crippen molar-refractivity contribution in [2.75, 3.05) is 6.54 Å². The van der Waals surface area contributed by atoms with Crippen LogP contribution in [0, 0.1) is 0 Å². The molecule has 22 heavy (non-hydrogen) atoms. The highest BCUT2D eigenvalue weighted by molar-refractivity contribution is 5.81. The van der Waals surface area contributed by atoms with E-state index in [1.807, 2.05) is 24.4 Å². The monoisotopic (exact) mass is 297 g/mol. The molecule has 1 amide bonds. The standard InChI is InChI=1S/C18H23N3O/c22-18(20-13-16-9-6-11-19-16)17-10-4-5-12-21(17)14-15-7-2-1-3-8-15/h1-3,6-9,11,17,19H,4-5,10,12-14H2,(H,20,22). The zero-order chi connectivity index (χ0) is 15.2. The van der Waals surface area contributed by atoms with Crippen molar-refractivity contribution in [3.05, 3.63) is 59.9 Å². The lowest BCUT2D eigenvalue weighted by Crippen LogP contribution is -2.48. The smallest absolute Gasteiger partial charge is 0.237 e. The summed E-state index contributed by atoms with van der Waals surface area (Å²) in [4.78, 5) is 18.0. The summed E-state index contributed by atoms with van der Waals surface area (Å²) in [5.41, 5.74) is 2.31. The quantitative estimate of drug-likeness (QED) is 0.891. The zero-order valence-corrected chi connectivity index (χ0v) is 12.8. The molecule has 0 radical (unpaired) electrons. The number of amides is 1. The Morgan fingerprint density at radius 1 is 1.18 bits per heavy atom. The number of likely N-dealkylation sites (tertiary alicyclic amines) is 1. The fourth-order valence-electron chi connectivity index (χ4n) is 3.07. The third-order valence-electron chi connectivity index (χ3n) is 4.26. The molecule has 0 saturated carbocycles. The lowest BCUT2D eigenvalue weighted by Gasteiger charge is -2.34. The molecular weight excluding hydrogens is 274 g/mol. The summed E-state index contributed by atoms with van der Waals surface area (Å²) >= 11 is 0. The largest absolute Gasteiger partial charge is 0.364 e. The van der Waals surface area contributed by atoms with Gasteiger partial charge in [0.15, 0.2) is 0 Å². The van der Waals surface area contributed by atoms with Crippen molar-refractivity contribution in [1.82, 2.24) is 15.2 Å². The number of carbonyl (C=O) groups is 1. The molecule has 4 nitrogen and oxygen atoms in total. The van der Waals surface area contributed by atoms with Gasteiger partial charge in [0.25, 0.3) is 0 Å². The third kappa shape index (κ3) is 3.77. The number of hydrogen-bond acceptors (Lipinski definition) is 2. The van der Waals surface area contributed by atoms with E-state index in [-0.39, 0.29) is 11.9 Å². The second-order valence-corrected chi connectivity index (χ2v) is 5.88. The average Bonchev–Trinajstić information content (AvgIpc) is 3.08. The first-order valence-corrected chi connectivity index (χ1v) is 8.01. The van der Waals surface area contributed by atoms with Gasteiger partial charge in [-0.15, -0.1) is 0 Å². The first-order valence-electron chi connectivity index (χ1n) is 8.01. The van der Waals surface area contributed by atoms with E-state index in [1.165, 1.54) is 12.0 Å². The van der Waals surface area contributed by atoms with Crippen molar-refractivity contribution >= 4 is 5.91 Å². The van der Waals surface area contributed by atoms with Crippen LogP contribution in [0.15, 0.2) is 48.7 Å². The number of hydrogen-bond donors (Lipinski definition) is 2. The molecule has 4 heteroatoms. The summed E-state index contributed by atoms with van der Waals surface area (Å²) in [6.07, 6.45) is 5.13. The lowest BCUT2D eigenvalue weighted by molar-refractivity contribution is -0.128. The number of nitrogens with one attached hydrogen (secondary N) is 2. The van der Waals surface area contributed by atoms with Crippen LogP contribution in [0.2, 0.25) is 0 Å². The van der Waals surface area contributed by atoms with Gasteiger partial charge in [0.1, 0.15) is 0 Å². The molecule has 2 N–H and O–H groups in total. The molecule has 1 saturated heterocycles. The molecule has 1 atom stereocenters. The van der Waals surface area contributed by atoms with Gasteiger partial charge in [-0.05, 0) is 37.1 Å². The minimum atomic E-state index is -0.0103. The molecule has 0 aliphatic carbocycles. The van der Waals surface area contributed by atoms with Crippen LogP contribution in [0.4, 0.5) is 0 Å². The highest BCUT2D eigenvalue weighted by atomic mass is 16.2. The minimum absolute atomic E-state index is 0.0103. The van der Waals surface area contributed by atoms with Crippen LogP contribution in [0.5, 0.6) is 0 Å². The Morgan fingerprint density at radius 3 is 2.82 bits per heavy atom. The SMILES string of the molecule is O=C(NCc1ccc[nH]1)C1CCCCN1Cc1ccccc1. The Bertz CT molecular complexity index is 580. The molecule has 1 aromatic carbocycles. The number of aromatic nitrogens is 1. The van der Waals surface area contributed by atoms with Crippen LogP contribution >= 0.6 is 0 Å². The molecule has 2 aromatic rings. The molecule has 116 valence electrons. The fourth-order valence-corrected chi connectivity index (χ4v) is 3.07. The molecular formula is C18H23N3O. The van der Waals surface area contributed by atoms with Crippen molar-refractivity contribution in [1.29, 1.82) is 0 Å². The van der Waals surface area contributed by atoms with Gasteiger partial charge in [0, 0.05) is 18.4 Å². The van der Waals surface area contributed by atoms with E-state index in [9.17, 15) is 4.79 Å². The zero-order valence-electron chi connectivity index (χ0n) is 12.8. The normalized spacial score (nSPS) is 19.0. The molecule has 1 unspecified atom stereocenters. The highest BCUT2D eigenvalue weighted by Crippen LogP contribution is 2.20. The van der Waals surface area contributed by atoms with Gasteiger partial charge in [-0.3, -0.25) is 9.69 Å². The Balaban J connectivity index is 1.60. The molecule has 1 aliphatic heterocycles. The van der Waals surface area contributed by atoms with Crippen LogP contribution in [0.3, 0.4) is 0 Å². The van der Waals surface area contributed by atoms with Crippen molar-refractivity contribution in [3.8, 4) is 0 Å². The Labute approximate surface area is 131 Å². The Hall–Kier alpha value is -2.07. The summed E-state index contributed by atoms with van der Waals surface area (Å²) in [5, 5.41) is 3.06. The molecule has 1 aromatic heterocycles. The van der Waals surface area contributed by atoms with Crippen molar-refractivity contribution in [3.63, 3.8) is 0 Å². The Kier molecular flexibility index (Phi) is 4.91. The second kappa shape index (κ2) is 7.27. The van der Waals surface area contributed by atoms with E-state index in [1.54, 1.807) is 0 Å². The predicted molar refractivity (Wildman–Crippen MR) is 87.1 cm³/mol. The summed E-state index contributed by atoms with van der Waals surface area (Å²) in [7, 11) is 0. The summed E-state index contributed by atoms with van der Waals surface area (Å²) < 4.78 is 0. The second-order valence-electron chi connectivity index (χ2n) is 5.88. The maximum atomic E-state index is 12.5. The van der Waals surface area contributed by atoms with Crippen molar-refractivity contribution in [2.45, 2.75) is 38.4 Å². The maximum Gasteiger partial charge on any atom is 0.237 e. The van der Waals surface area contributed by atoms with E-state index in [2.05, 4.69) is 39.5 Å². The number of piperidine rings is 1. The topological polar surface area (TPSA) is 48.1 Å².